The Hall–Kier alpha value is -5.66. The Labute approximate surface area is 301 Å². The zero-order chi connectivity index (χ0) is 51.5. The molecule has 0 atom stereocenters. The highest BCUT2D eigenvalue weighted by molar-refractivity contribution is 6.22. The van der Waals surface area contributed by atoms with Gasteiger partial charge in [-0.3, -0.25) is 0 Å². The van der Waals surface area contributed by atoms with E-state index in [1.807, 2.05) is 0 Å². The van der Waals surface area contributed by atoms with Crippen molar-refractivity contribution in [2.45, 2.75) is 19.3 Å². The molecule has 10 rings (SSSR count). The maximum atomic E-state index is 9.89. The Morgan fingerprint density at radius 2 is 0.957 bits per heavy atom. The second-order valence-electron chi connectivity index (χ2n) is 11.4. The average molecular weight is 611 g/mol. The molecule has 0 fully saturated rings. The maximum absolute atomic E-state index is 9.89. The number of benzene rings is 8. The first-order valence-corrected chi connectivity index (χ1v) is 14.2. The molecule has 1 aromatic heterocycles. The summed E-state index contributed by atoms with van der Waals surface area (Å²) in [6, 6.07) is -18.4. The van der Waals surface area contributed by atoms with Gasteiger partial charge >= 0.3 is 0 Å². The van der Waals surface area contributed by atoms with E-state index in [-0.39, 0.29) is 22.3 Å². The third-order valence-electron chi connectivity index (χ3n) is 8.51. The van der Waals surface area contributed by atoms with Crippen LogP contribution in [-0.2, 0) is 5.41 Å². The molecule has 0 radical (unpaired) electrons. The van der Waals surface area contributed by atoms with Crippen molar-refractivity contribution >= 4 is 54.3 Å². The van der Waals surface area contributed by atoms with Crippen molar-refractivity contribution in [1.29, 1.82) is 0 Å². The molecule has 8 aromatic carbocycles. The van der Waals surface area contributed by atoms with Crippen LogP contribution in [0.5, 0.6) is 0 Å². The monoisotopic (exact) mass is 610 g/mol. The second kappa shape index (κ2) is 9.19. The van der Waals surface area contributed by atoms with Crippen molar-refractivity contribution in [3.05, 3.63) is 156 Å². The minimum absolute atomic E-state index is 0.00184. The molecule has 0 aliphatic heterocycles. The summed E-state index contributed by atoms with van der Waals surface area (Å²) in [4.78, 5) is 0. The van der Waals surface area contributed by atoms with Crippen LogP contribution in [0.2, 0.25) is 0 Å². The summed E-state index contributed by atoms with van der Waals surface area (Å²) in [5, 5.41) is -4.23. The lowest BCUT2D eigenvalue weighted by Gasteiger charge is -2.22. The largest absolute Gasteiger partial charge is 0.456 e. The zero-order valence-electron chi connectivity index (χ0n) is 47.9. The highest BCUT2D eigenvalue weighted by Crippen LogP contribution is 2.51. The lowest BCUT2D eigenvalue weighted by atomic mass is 9.81. The fraction of sp³-hybridized carbons (Fsp3) is 0.0667. The molecule has 1 heterocycles. The highest BCUT2D eigenvalue weighted by atomic mass is 16.3. The molecule has 1 nitrogen and oxygen atoms in total. The molecule has 46 heavy (non-hydrogen) atoms. The van der Waals surface area contributed by atoms with E-state index in [1.54, 1.807) is 13.8 Å². The molecular weight excluding hydrogens is 556 g/mol. The van der Waals surface area contributed by atoms with Gasteiger partial charge in [-0.2, -0.15) is 0 Å². The number of fused-ring (bicyclic) bond motifs is 9. The molecule has 1 aliphatic carbocycles. The van der Waals surface area contributed by atoms with Crippen LogP contribution in [0, 0.1) is 0 Å². The lowest BCUT2D eigenvalue weighted by Crippen LogP contribution is -2.14. The minimum atomic E-state index is -1.42. The topological polar surface area (TPSA) is 13.1 Å². The molecule has 0 amide bonds. The smallest absolute Gasteiger partial charge is 0.136 e. The molecule has 0 saturated heterocycles. The summed E-state index contributed by atoms with van der Waals surface area (Å²) in [5.74, 6) is 0. The quantitative estimate of drug-likeness (QED) is 0.177. The SMILES string of the molecule is [2H]c1c([2H])c([2H])c2c(c1[2H])-c1c([2H])c(-c3c4c([2H])c([2H])c([2H])c([2H])c4c(-c4c([2H])c([2H])c5oc6c([2H])c7c([2H])c([2H])c([2H])c([2H])c7c([2H])c6c5c4[2H])c4c([2H])c([2H])c([2H])c([2H])c34)c([2H])c([2H])c1C2(C)C. The highest BCUT2D eigenvalue weighted by Gasteiger charge is 2.35. The van der Waals surface area contributed by atoms with Gasteiger partial charge in [-0.1, -0.05) is 129 Å². The van der Waals surface area contributed by atoms with E-state index in [4.69, 9.17) is 22.2 Å². The summed E-state index contributed by atoms with van der Waals surface area (Å²) in [6.07, 6.45) is 0. The minimum Gasteiger partial charge on any atom is -0.456 e. The van der Waals surface area contributed by atoms with Crippen LogP contribution in [0.25, 0.3) is 87.6 Å². The molecule has 9 aromatic rings. The molecule has 216 valence electrons. The summed E-state index contributed by atoms with van der Waals surface area (Å²) in [7, 11) is 0. The van der Waals surface area contributed by atoms with E-state index in [0.717, 1.165) is 0 Å². The third kappa shape index (κ3) is 3.46. The van der Waals surface area contributed by atoms with Gasteiger partial charge in [-0.25, -0.2) is 0 Å². The van der Waals surface area contributed by atoms with Crippen LogP contribution in [0.1, 0.15) is 57.9 Å². The van der Waals surface area contributed by atoms with Gasteiger partial charge in [0, 0.05) is 16.2 Å². The van der Waals surface area contributed by atoms with Gasteiger partial charge in [0.15, 0.2) is 0 Å². The normalized spacial score (nSPS) is 20.9. The van der Waals surface area contributed by atoms with Crippen molar-refractivity contribution in [2.75, 3.05) is 0 Å². The molecule has 1 heteroatoms. The van der Waals surface area contributed by atoms with Crippen LogP contribution in [0.15, 0.2) is 149 Å². The number of hydrogen-bond donors (Lipinski definition) is 0. The van der Waals surface area contributed by atoms with Crippen molar-refractivity contribution in [3.63, 3.8) is 0 Å². The van der Waals surface area contributed by atoms with Gasteiger partial charge < -0.3 is 4.42 Å². The van der Waals surface area contributed by atoms with Crippen molar-refractivity contribution in [2.24, 2.45) is 0 Å². The Bertz CT molecular complexity index is 4000. The Morgan fingerprint density at radius 1 is 0.435 bits per heavy atom. The van der Waals surface area contributed by atoms with Gasteiger partial charge in [0.2, 0.25) is 0 Å². The standard InChI is InChI=1S/C45H30O/c1-45(2)39-18-10-9-13-31(39)36-24-29(19-21-40(36)45)43-32-14-5-7-16-34(32)44(35-17-8-6-15-33(35)43)30-20-22-41-37(25-30)38-23-27-11-3-4-12-28(27)26-42(38)46-41/h3-26H,1-2H3/i3D,4D,5D,6D,7D,8D,9D,10D,11D,12D,13D,14D,15D,16D,17D,18D,19D,20D,21D,22D,23D,24D,25D,26D. The molecular formula is C45H30O. The van der Waals surface area contributed by atoms with E-state index in [2.05, 4.69) is 0 Å². The predicted octanol–water partition coefficient (Wildman–Crippen LogP) is 12.7. The van der Waals surface area contributed by atoms with Crippen molar-refractivity contribution in [3.8, 4) is 33.4 Å². The molecule has 0 saturated carbocycles. The number of rotatable bonds is 2. The fourth-order valence-electron chi connectivity index (χ4n) is 6.39. The second-order valence-corrected chi connectivity index (χ2v) is 11.4. The van der Waals surface area contributed by atoms with Gasteiger partial charge in [0.1, 0.15) is 11.2 Å². The molecule has 0 N–H and O–H groups in total. The first-order valence-electron chi connectivity index (χ1n) is 26.2. The summed E-state index contributed by atoms with van der Waals surface area (Å²) < 4.78 is 224. The van der Waals surface area contributed by atoms with E-state index in [0.29, 0.717) is 0 Å². The third-order valence-corrected chi connectivity index (χ3v) is 8.51. The molecule has 0 spiro atoms. The molecule has 0 bridgehead atoms. The fourth-order valence-corrected chi connectivity index (χ4v) is 6.39. The van der Waals surface area contributed by atoms with Gasteiger partial charge in [0.05, 0.1) is 32.9 Å². The summed E-state index contributed by atoms with van der Waals surface area (Å²) in [5.41, 5.74) is -5.48. The van der Waals surface area contributed by atoms with Gasteiger partial charge in [-0.05, 0) is 107 Å². The van der Waals surface area contributed by atoms with Crippen LogP contribution >= 0.6 is 0 Å². The summed E-state index contributed by atoms with van der Waals surface area (Å²) in [6.45, 7) is 3.10. The van der Waals surface area contributed by atoms with E-state index in [1.165, 1.54) is 0 Å². The Morgan fingerprint density at radius 3 is 1.65 bits per heavy atom. The Balaban J connectivity index is 1.49. The van der Waals surface area contributed by atoms with Gasteiger partial charge in [0.25, 0.3) is 0 Å². The molecule has 0 unspecified atom stereocenters. The lowest BCUT2D eigenvalue weighted by molar-refractivity contribution is 0.660. The van der Waals surface area contributed by atoms with Crippen molar-refractivity contribution < 1.29 is 37.3 Å². The first-order chi connectivity index (χ1) is 32.6. The average Bonchev–Trinajstić information content (AvgIpc) is 3.85. The van der Waals surface area contributed by atoms with E-state index in [9.17, 15) is 15.1 Å². The maximum Gasteiger partial charge on any atom is 0.136 e. The van der Waals surface area contributed by atoms with Crippen LogP contribution < -0.4 is 0 Å². The number of hydrogen-bond acceptors (Lipinski definition) is 1. The Kier molecular flexibility index (Phi) is 2.32. The van der Waals surface area contributed by atoms with Crippen LogP contribution in [-0.4, -0.2) is 0 Å². The summed E-state index contributed by atoms with van der Waals surface area (Å²) >= 11 is 0. The van der Waals surface area contributed by atoms with E-state index >= 15 is 0 Å². The van der Waals surface area contributed by atoms with Crippen LogP contribution in [0.3, 0.4) is 0 Å². The number of furan rings is 1. The van der Waals surface area contributed by atoms with Gasteiger partial charge in [-0.15, -0.1) is 0 Å². The predicted molar refractivity (Wildman–Crippen MR) is 195 cm³/mol. The first kappa shape index (κ1) is 11.6. The van der Waals surface area contributed by atoms with E-state index < -0.39 is 227 Å². The molecule has 1 aliphatic rings. The van der Waals surface area contributed by atoms with Crippen LogP contribution in [0.4, 0.5) is 0 Å². The zero-order valence-corrected chi connectivity index (χ0v) is 23.9. The van der Waals surface area contributed by atoms with Crippen molar-refractivity contribution in [1.82, 2.24) is 0 Å².